The van der Waals surface area contributed by atoms with Crippen LogP contribution in [0.15, 0.2) is 26.8 Å². The van der Waals surface area contributed by atoms with Crippen molar-refractivity contribution in [2.45, 2.75) is 34.1 Å². The lowest BCUT2D eigenvalue weighted by molar-refractivity contribution is 0.679. The van der Waals surface area contributed by atoms with Crippen LogP contribution in [0.4, 0.5) is 0 Å². The molecule has 6 heteroatoms. The van der Waals surface area contributed by atoms with Crippen molar-refractivity contribution in [1.82, 2.24) is 4.72 Å². The smallest absolute Gasteiger partial charge is 0.244 e. The van der Waals surface area contributed by atoms with Crippen molar-refractivity contribution < 1.29 is 4.21 Å². The van der Waals surface area contributed by atoms with Crippen molar-refractivity contribution in [3.8, 4) is 0 Å². The molecule has 0 spiro atoms. The van der Waals surface area contributed by atoms with Crippen LogP contribution in [0.3, 0.4) is 0 Å². The van der Waals surface area contributed by atoms with E-state index in [0.717, 1.165) is 6.42 Å². The Hall–Kier alpha value is -0.810. The van der Waals surface area contributed by atoms with Crippen molar-refractivity contribution in [2.24, 2.45) is 10.1 Å². The lowest BCUT2D eigenvalue weighted by Gasteiger charge is -2.17. The van der Waals surface area contributed by atoms with Gasteiger partial charge in [-0.25, -0.2) is 4.21 Å². The van der Waals surface area contributed by atoms with Crippen LogP contribution in [0.1, 0.15) is 34.1 Å². The monoisotopic (exact) mass is 263 g/mol. The van der Waals surface area contributed by atoms with E-state index in [1.165, 1.54) is 0 Å². The third-order valence-electron chi connectivity index (χ3n) is 1.66. The minimum atomic E-state index is -1.49. The van der Waals surface area contributed by atoms with Crippen LogP contribution in [0.25, 0.3) is 0 Å². The molecule has 1 aliphatic rings. The summed E-state index contributed by atoms with van der Waals surface area (Å²) < 4.78 is 17.5. The van der Waals surface area contributed by atoms with E-state index in [4.69, 9.17) is 17.3 Å². The Bertz CT molecular complexity index is 357. The van der Waals surface area contributed by atoms with Crippen LogP contribution in [-0.2, 0) is 11.2 Å². The first-order chi connectivity index (χ1) is 7.56. The van der Waals surface area contributed by atoms with E-state index < -0.39 is 11.2 Å². The summed E-state index contributed by atoms with van der Waals surface area (Å²) in [5, 5.41) is 0.537. The van der Waals surface area contributed by atoms with Gasteiger partial charge in [0.2, 0.25) is 11.2 Å². The molecule has 0 radical (unpaired) electrons. The second-order valence-corrected chi connectivity index (χ2v) is 4.21. The number of hydrogen-bond donors (Lipinski definition) is 2. The molecule has 0 bridgehead atoms. The Balaban J connectivity index is 0.00000106. The lowest BCUT2D eigenvalue weighted by Crippen LogP contribution is -2.31. The SMILES string of the molecule is CC.CC/C=C1/NS(=O)N=C(N)/C1=C(/C)Cl. The topological polar surface area (TPSA) is 67.5 Å². The van der Waals surface area contributed by atoms with Gasteiger partial charge in [0.25, 0.3) is 0 Å². The minimum absolute atomic E-state index is 0.217. The van der Waals surface area contributed by atoms with Crippen molar-refractivity contribution in [1.29, 1.82) is 0 Å². The van der Waals surface area contributed by atoms with E-state index in [-0.39, 0.29) is 5.84 Å². The summed E-state index contributed by atoms with van der Waals surface area (Å²) in [6, 6.07) is 0. The fourth-order valence-corrected chi connectivity index (χ4v) is 2.04. The van der Waals surface area contributed by atoms with E-state index in [9.17, 15) is 4.21 Å². The number of rotatable bonds is 1. The maximum Gasteiger partial charge on any atom is 0.244 e. The average molecular weight is 264 g/mol. The van der Waals surface area contributed by atoms with E-state index in [1.54, 1.807) is 6.92 Å². The normalized spacial score (nSPS) is 25.2. The standard InChI is InChI=1S/C8H12ClN3OS.C2H6/c1-3-4-6-7(5(2)9)8(10)12-14(13)11-6;1-2/h4,11H,3H2,1-2H3,(H2,10,12);1-2H3/b6-4+,7-5-;. The molecule has 1 aliphatic heterocycles. The Morgan fingerprint density at radius 3 is 2.62 bits per heavy atom. The molecule has 0 fully saturated rings. The molecular weight excluding hydrogens is 246 g/mol. The molecule has 0 saturated carbocycles. The Morgan fingerprint density at radius 1 is 1.62 bits per heavy atom. The van der Waals surface area contributed by atoms with E-state index in [1.807, 2.05) is 26.8 Å². The molecular formula is C10H18ClN3OS. The Kier molecular flexibility index (Phi) is 7.08. The molecule has 0 aromatic rings. The van der Waals surface area contributed by atoms with Crippen molar-refractivity contribution in [3.63, 3.8) is 0 Å². The molecule has 16 heavy (non-hydrogen) atoms. The largest absolute Gasteiger partial charge is 0.382 e. The highest BCUT2D eigenvalue weighted by Gasteiger charge is 2.19. The van der Waals surface area contributed by atoms with Gasteiger partial charge in [0.05, 0.1) is 11.3 Å². The van der Waals surface area contributed by atoms with Crippen LogP contribution < -0.4 is 10.5 Å². The maximum absolute atomic E-state index is 11.2. The van der Waals surface area contributed by atoms with Gasteiger partial charge in [-0.2, -0.15) is 4.40 Å². The molecule has 1 heterocycles. The zero-order valence-corrected chi connectivity index (χ0v) is 11.6. The first kappa shape index (κ1) is 15.2. The third kappa shape index (κ3) is 3.98. The number of halogens is 1. The van der Waals surface area contributed by atoms with Gasteiger partial charge < -0.3 is 5.73 Å². The van der Waals surface area contributed by atoms with Crippen LogP contribution in [-0.4, -0.2) is 10.0 Å². The Morgan fingerprint density at radius 2 is 2.19 bits per heavy atom. The van der Waals surface area contributed by atoms with Gasteiger partial charge in [0.15, 0.2) is 0 Å². The summed E-state index contributed by atoms with van der Waals surface area (Å²) in [7, 11) is 0. The van der Waals surface area contributed by atoms with Crippen LogP contribution in [0.5, 0.6) is 0 Å². The zero-order valence-electron chi connectivity index (χ0n) is 10.0. The van der Waals surface area contributed by atoms with E-state index in [2.05, 4.69) is 9.12 Å². The van der Waals surface area contributed by atoms with E-state index >= 15 is 0 Å². The molecule has 0 aromatic heterocycles. The molecule has 1 unspecified atom stereocenters. The summed E-state index contributed by atoms with van der Waals surface area (Å²) in [6.45, 7) is 7.69. The number of hydrogen-bond acceptors (Lipinski definition) is 2. The number of nitrogens with one attached hydrogen (secondary N) is 1. The summed E-state index contributed by atoms with van der Waals surface area (Å²) in [5.41, 5.74) is 6.94. The van der Waals surface area contributed by atoms with E-state index in [0.29, 0.717) is 16.3 Å². The van der Waals surface area contributed by atoms with Crippen molar-refractivity contribution >= 4 is 28.6 Å². The minimum Gasteiger partial charge on any atom is -0.382 e. The quantitative estimate of drug-likeness (QED) is 0.763. The highest BCUT2D eigenvalue weighted by Crippen LogP contribution is 2.20. The number of nitrogens with two attached hydrogens (primary N) is 1. The molecule has 3 N–H and O–H groups in total. The van der Waals surface area contributed by atoms with Crippen LogP contribution in [0.2, 0.25) is 0 Å². The summed E-state index contributed by atoms with van der Waals surface area (Å²) >= 11 is 4.38. The van der Waals surface area contributed by atoms with Gasteiger partial charge in [0, 0.05) is 5.03 Å². The number of nitrogens with zero attached hydrogens (tertiary/aromatic N) is 1. The molecule has 1 rings (SSSR count). The van der Waals surface area contributed by atoms with Crippen molar-refractivity contribution in [2.75, 3.05) is 0 Å². The predicted molar refractivity (Wildman–Crippen MR) is 71.2 cm³/mol. The van der Waals surface area contributed by atoms with Gasteiger partial charge in [-0.3, -0.25) is 4.72 Å². The molecule has 0 aliphatic carbocycles. The molecule has 0 saturated heterocycles. The van der Waals surface area contributed by atoms with Gasteiger partial charge in [-0.05, 0) is 13.3 Å². The van der Waals surface area contributed by atoms with Gasteiger partial charge in [-0.15, -0.1) is 0 Å². The highest BCUT2D eigenvalue weighted by molar-refractivity contribution is 7.82. The van der Waals surface area contributed by atoms with Gasteiger partial charge in [0.1, 0.15) is 5.84 Å². The summed E-state index contributed by atoms with van der Waals surface area (Å²) in [6.07, 6.45) is 2.68. The zero-order chi connectivity index (χ0) is 12.7. The molecule has 0 aromatic carbocycles. The molecule has 0 amide bonds. The fraction of sp³-hybridized carbons (Fsp3) is 0.500. The summed E-state index contributed by atoms with van der Waals surface area (Å²) in [5.74, 6) is 0.217. The van der Waals surface area contributed by atoms with Gasteiger partial charge >= 0.3 is 0 Å². The maximum atomic E-state index is 11.2. The van der Waals surface area contributed by atoms with Gasteiger partial charge in [-0.1, -0.05) is 38.4 Å². The molecule has 4 nitrogen and oxygen atoms in total. The highest BCUT2D eigenvalue weighted by atomic mass is 35.5. The molecule has 1 atom stereocenters. The van der Waals surface area contributed by atoms with Crippen molar-refractivity contribution in [3.05, 3.63) is 22.4 Å². The average Bonchev–Trinajstić information content (AvgIpc) is 2.19. The number of amidine groups is 1. The van der Waals surface area contributed by atoms with Crippen LogP contribution >= 0.6 is 11.6 Å². The Labute approximate surface area is 104 Å². The summed E-state index contributed by atoms with van der Waals surface area (Å²) in [4.78, 5) is 0. The fourth-order valence-electron chi connectivity index (χ4n) is 1.15. The molecule has 92 valence electrons. The first-order valence-corrected chi connectivity index (χ1v) is 6.64. The number of allylic oxidation sites excluding steroid dienone is 2. The second-order valence-electron chi connectivity index (χ2n) is 2.76. The van der Waals surface area contributed by atoms with Crippen LogP contribution in [0, 0.1) is 0 Å². The lowest BCUT2D eigenvalue weighted by atomic mass is 10.1. The first-order valence-electron chi connectivity index (χ1n) is 5.16. The second kappa shape index (κ2) is 7.46. The predicted octanol–water partition coefficient (Wildman–Crippen LogP) is 2.36. The third-order valence-corrected chi connectivity index (χ3v) is 2.60.